The zero-order valence-corrected chi connectivity index (χ0v) is 9.13. The molecule has 0 aromatic carbocycles. The quantitative estimate of drug-likeness (QED) is 0.486. The van der Waals surface area contributed by atoms with Crippen LogP contribution in [0.5, 0.6) is 0 Å². The molecule has 82 valence electrons. The fraction of sp³-hybridized carbons (Fsp3) is 0.833. The average molecular weight is 198 g/mol. The van der Waals surface area contributed by atoms with E-state index < -0.39 is 6.10 Å². The fourth-order valence-electron chi connectivity index (χ4n) is 1.16. The van der Waals surface area contributed by atoms with Gasteiger partial charge in [-0.2, -0.15) is 0 Å². The molecule has 0 amide bonds. The number of aliphatic hydroxyl groups is 2. The van der Waals surface area contributed by atoms with E-state index in [-0.39, 0.29) is 6.61 Å². The van der Waals surface area contributed by atoms with Crippen molar-refractivity contribution < 1.29 is 10.2 Å². The number of rotatable bonds is 7. The molecule has 0 fully saturated rings. The highest BCUT2D eigenvalue weighted by Crippen LogP contribution is 2.00. The van der Waals surface area contributed by atoms with Gasteiger partial charge in [0.2, 0.25) is 0 Å². The van der Waals surface area contributed by atoms with Gasteiger partial charge in [-0.15, -0.1) is 11.8 Å². The second-order valence-electron chi connectivity index (χ2n) is 3.54. The third kappa shape index (κ3) is 9.57. The van der Waals surface area contributed by atoms with Crippen LogP contribution in [0.25, 0.3) is 0 Å². The number of aliphatic hydroxyl groups excluding tert-OH is 2. The minimum Gasteiger partial charge on any atom is -0.394 e. The van der Waals surface area contributed by atoms with Gasteiger partial charge < -0.3 is 10.2 Å². The van der Waals surface area contributed by atoms with Gasteiger partial charge in [0.05, 0.1) is 12.7 Å². The van der Waals surface area contributed by atoms with Gasteiger partial charge in [-0.3, -0.25) is 0 Å². The van der Waals surface area contributed by atoms with E-state index in [1.54, 1.807) is 0 Å². The zero-order chi connectivity index (χ0) is 10.6. The summed E-state index contributed by atoms with van der Waals surface area (Å²) in [6.45, 7) is 2.05. The van der Waals surface area contributed by atoms with Crippen molar-refractivity contribution >= 4 is 0 Å². The summed E-state index contributed by atoms with van der Waals surface area (Å²) in [6.07, 6.45) is 6.50. The lowest BCUT2D eigenvalue weighted by Crippen LogP contribution is -2.10. The lowest BCUT2D eigenvalue weighted by atomic mass is 10.1. The topological polar surface area (TPSA) is 40.5 Å². The second-order valence-corrected chi connectivity index (χ2v) is 3.54. The van der Waals surface area contributed by atoms with Gasteiger partial charge in [0.15, 0.2) is 0 Å². The molecule has 1 atom stereocenters. The van der Waals surface area contributed by atoms with Crippen LogP contribution < -0.4 is 0 Å². The highest BCUT2D eigenvalue weighted by Gasteiger charge is 1.98. The first-order valence-corrected chi connectivity index (χ1v) is 5.56. The molecule has 14 heavy (non-hydrogen) atoms. The molecule has 1 unspecified atom stereocenters. The largest absolute Gasteiger partial charge is 0.394 e. The van der Waals surface area contributed by atoms with E-state index in [9.17, 15) is 0 Å². The van der Waals surface area contributed by atoms with Gasteiger partial charge in [-0.1, -0.05) is 19.8 Å². The second kappa shape index (κ2) is 10.6. The Morgan fingerprint density at radius 1 is 1.07 bits per heavy atom. The molecule has 0 aromatic rings. The molecule has 0 rings (SSSR count). The number of unbranched alkanes of at least 4 members (excludes halogenated alkanes) is 4. The van der Waals surface area contributed by atoms with Gasteiger partial charge in [0.25, 0.3) is 0 Å². The molecule has 0 bridgehead atoms. The van der Waals surface area contributed by atoms with E-state index in [1.165, 1.54) is 19.3 Å². The van der Waals surface area contributed by atoms with Crippen molar-refractivity contribution in [3.05, 3.63) is 0 Å². The van der Waals surface area contributed by atoms with Gasteiger partial charge in [0, 0.05) is 12.8 Å². The van der Waals surface area contributed by atoms with Crippen molar-refractivity contribution in [1.29, 1.82) is 0 Å². The molecule has 2 nitrogen and oxygen atoms in total. The standard InChI is InChI=1S/C12H22O2/c1-2-3-4-5-6-7-8-9-10-12(14)11-13/h12-14H,2-5,8-11H2,1H3. The summed E-state index contributed by atoms with van der Waals surface area (Å²) in [5.74, 6) is 6.20. The normalized spacial score (nSPS) is 11.9. The van der Waals surface area contributed by atoms with E-state index in [4.69, 9.17) is 10.2 Å². The first-order valence-electron chi connectivity index (χ1n) is 5.56. The van der Waals surface area contributed by atoms with Crippen LogP contribution in [0.4, 0.5) is 0 Å². The summed E-state index contributed by atoms with van der Waals surface area (Å²) in [5, 5.41) is 17.6. The summed E-state index contributed by atoms with van der Waals surface area (Å²) >= 11 is 0. The smallest absolute Gasteiger partial charge is 0.0771 e. The highest BCUT2D eigenvalue weighted by atomic mass is 16.3. The van der Waals surface area contributed by atoms with Crippen molar-refractivity contribution in [2.24, 2.45) is 0 Å². The fourth-order valence-corrected chi connectivity index (χ4v) is 1.16. The first kappa shape index (κ1) is 13.5. The molecule has 2 N–H and O–H groups in total. The molecule has 0 aliphatic heterocycles. The van der Waals surface area contributed by atoms with E-state index >= 15 is 0 Å². The molecule has 2 heteroatoms. The van der Waals surface area contributed by atoms with Crippen LogP contribution in [-0.4, -0.2) is 22.9 Å². The molecule has 0 saturated carbocycles. The van der Waals surface area contributed by atoms with Crippen LogP contribution in [0.15, 0.2) is 0 Å². The van der Waals surface area contributed by atoms with Crippen molar-refractivity contribution in [2.45, 2.75) is 58.0 Å². The Bertz CT molecular complexity index is 167. The van der Waals surface area contributed by atoms with E-state index in [0.29, 0.717) is 6.42 Å². The van der Waals surface area contributed by atoms with Gasteiger partial charge in [-0.05, 0) is 19.3 Å². The highest BCUT2D eigenvalue weighted by molar-refractivity contribution is 4.98. The summed E-state index contributed by atoms with van der Waals surface area (Å²) in [4.78, 5) is 0. The Labute approximate surface area is 87.3 Å². The Hall–Kier alpha value is -0.520. The third-order valence-electron chi connectivity index (χ3n) is 2.08. The maximum Gasteiger partial charge on any atom is 0.0771 e. The molecule has 0 aliphatic carbocycles. The zero-order valence-electron chi connectivity index (χ0n) is 9.13. The van der Waals surface area contributed by atoms with Crippen molar-refractivity contribution in [3.8, 4) is 11.8 Å². The van der Waals surface area contributed by atoms with Crippen LogP contribution in [-0.2, 0) is 0 Å². The predicted molar refractivity (Wildman–Crippen MR) is 58.9 cm³/mol. The number of hydrogen-bond acceptors (Lipinski definition) is 2. The maximum atomic E-state index is 9.03. The Balaban J connectivity index is 3.17. The van der Waals surface area contributed by atoms with Crippen LogP contribution in [0.3, 0.4) is 0 Å². The molecular formula is C12H22O2. The monoisotopic (exact) mass is 198 g/mol. The van der Waals surface area contributed by atoms with Crippen molar-refractivity contribution in [3.63, 3.8) is 0 Å². The molecular weight excluding hydrogens is 176 g/mol. The van der Waals surface area contributed by atoms with E-state index in [2.05, 4.69) is 18.8 Å². The lowest BCUT2D eigenvalue weighted by Gasteiger charge is -2.03. The average Bonchev–Trinajstić information content (AvgIpc) is 2.21. The first-order chi connectivity index (χ1) is 6.81. The SMILES string of the molecule is CCCCCC#CCCCC(O)CO. The predicted octanol–water partition coefficient (Wildman–Crippen LogP) is 2.09. The van der Waals surface area contributed by atoms with Gasteiger partial charge in [0.1, 0.15) is 0 Å². The van der Waals surface area contributed by atoms with Crippen LogP contribution >= 0.6 is 0 Å². The summed E-state index contributed by atoms with van der Waals surface area (Å²) in [6, 6.07) is 0. The van der Waals surface area contributed by atoms with E-state index in [1.807, 2.05) is 0 Å². The maximum absolute atomic E-state index is 9.03. The Morgan fingerprint density at radius 3 is 2.29 bits per heavy atom. The van der Waals surface area contributed by atoms with Crippen LogP contribution in [0.2, 0.25) is 0 Å². The minimum absolute atomic E-state index is 0.135. The number of hydrogen-bond donors (Lipinski definition) is 2. The molecule has 0 heterocycles. The summed E-state index contributed by atoms with van der Waals surface area (Å²) in [7, 11) is 0. The van der Waals surface area contributed by atoms with Crippen LogP contribution in [0, 0.1) is 11.8 Å². The molecule has 0 saturated heterocycles. The molecule has 0 aliphatic rings. The summed E-state index contributed by atoms with van der Waals surface area (Å²) in [5.41, 5.74) is 0. The van der Waals surface area contributed by atoms with Crippen LogP contribution in [0.1, 0.15) is 51.9 Å². The summed E-state index contributed by atoms with van der Waals surface area (Å²) < 4.78 is 0. The molecule has 0 spiro atoms. The lowest BCUT2D eigenvalue weighted by molar-refractivity contribution is 0.0870. The van der Waals surface area contributed by atoms with Gasteiger partial charge >= 0.3 is 0 Å². The minimum atomic E-state index is -0.558. The molecule has 0 aromatic heterocycles. The van der Waals surface area contributed by atoms with Gasteiger partial charge in [-0.25, -0.2) is 0 Å². The molecule has 0 radical (unpaired) electrons. The third-order valence-corrected chi connectivity index (χ3v) is 2.08. The van der Waals surface area contributed by atoms with Crippen molar-refractivity contribution in [1.82, 2.24) is 0 Å². The Kier molecular flexibility index (Phi) is 10.2. The van der Waals surface area contributed by atoms with E-state index in [0.717, 1.165) is 19.3 Å². The van der Waals surface area contributed by atoms with Crippen molar-refractivity contribution in [2.75, 3.05) is 6.61 Å². The Morgan fingerprint density at radius 2 is 1.71 bits per heavy atom.